The largest absolute Gasteiger partial charge is 0.334 e. The lowest BCUT2D eigenvalue weighted by Crippen LogP contribution is -2.36. The highest BCUT2D eigenvalue weighted by Crippen LogP contribution is 2.56. The van der Waals surface area contributed by atoms with E-state index in [2.05, 4.69) is 39.0 Å². The number of thiophene rings is 1. The lowest BCUT2D eigenvalue weighted by Gasteiger charge is -2.29. The SMILES string of the molecule is CCn1ccnc1CN(Cc1cc(Cl)cs1)C1CC12CCNCC2.Cl. The zero-order valence-electron chi connectivity index (χ0n) is 14.6. The van der Waals surface area contributed by atoms with Crippen LogP contribution < -0.4 is 5.32 Å². The van der Waals surface area contributed by atoms with Gasteiger partial charge in [-0.05, 0) is 50.8 Å². The second kappa shape index (κ2) is 7.97. The summed E-state index contributed by atoms with van der Waals surface area (Å²) < 4.78 is 2.26. The average molecular weight is 401 g/mol. The predicted octanol–water partition coefficient (Wildman–Crippen LogP) is 4.18. The summed E-state index contributed by atoms with van der Waals surface area (Å²) in [4.78, 5) is 8.60. The number of hydrogen-bond acceptors (Lipinski definition) is 4. The molecule has 2 aromatic heterocycles. The van der Waals surface area contributed by atoms with Crippen molar-refractivity contribution >= 4 is 35.3 Å². The Bertz CT molecular complexity index is 693. The minimum Gasteiger partial charge on any atom is -0.334 e. The topological polar surface area (TPSA) is 33.1 Å². The number of piperidine rings is 1. The maximum atomic E-state index is 6.14. The third-order valence-electron chi connectivity index (χ3n) is 5.65. The van der Waals surface area contributed by atoms with Crippen molar-refractivity contribution in [1.82, 2.24) is 19.8 Å². The second-order valence-corrected chi connectivity index (χ2v) is 8.53. The van der Waals surface area contributed by atoms with Crippen LogP contribution in [0.4, 0.5) is 0 Å². The summed E-state index contributed by atoms with van der Waals surface area (Å²) in [5.74, 6) is 1.18. The van der Waals surface area contributed by atoms with Crippen molar-refractivity contribution in [3.63, 3.8) is 0 Å². The third kappa shape index (κ3) is 4.06. The lowest BCUT2D eigenvalue weighted by atomic mass is 9.93. The fourth-order valence-electron chi connectivity index (χ4n) is 4.18. The molecule has 0 bridgehead atoms. The molecule has 2 aliphatic rings. The molecule has 0 aromatic carbocycles. The first kappa shape index (κ1) is 19.2. The average Bonchev–Trinajstić information content (AvgIpc) is 2.93. The van der Waals surface area contributed by atoms with Crippen LogP contribution in [-0.2, 0) is 19.6 Å². The van der Waals surface area contributed by atoms with Gasteiger partial charge < -0.3 is 9.88 Å². The van der Waals surface area contributed by atoms with Gasteiger partial charge in [0.15, 0.2) is 0 Å². The van der Waals surface area contributed by atoms with Gasteiger partial charge in [-0.1, -0.05) is 11.6 Å². The zero-order valence-corrected chi connectivity index (χ0v) is 17.0. The van der Waals surface area contributed by atoms with Gasteiger partial charge in [-0.2, -0.15) is 0 Å². The summed E-state index contributed by atoms with van der Waals surface area (Å²) in [5.41, 5.74) is 0.538. The Morgan fingerprint density at radius 1 is 1.40 bits per heavy atom. The van der Waals surface area contributed by atoms with Gasteiger partial charge in [-0.25, -0.2) is 4.98 Å². The molecule has 7 heteroatoms. The first-order valence-corrected chi connectivity index (χ1v) is 10.1. The van der Waals surface area contributed by atoms with Crippen LogP contribution >= 0.6 is 35.3 Å². The molecule has 0 amide bonds. The van der Waals surface area contributed by atoms with Crippen LogP contribution in [0.25, 0.3) is 0 Å². The van der Waals surface area contributed by atoms with E-state index in [9.17, 15) is 0 Å². The van der Waals surface area contributed by atoms with Crippen LogP contribution in [0.15, 0.2) is 23.8 Å². The fourth-order valence-corrected chi connectivity index (χ4v) is 5.28. The molecule has 1 atom stereocenters. The minimum absolute atomic E-state index is 0. The van der Waals surface area contributed by atoms with E-state index in [0.29, 0.717) is 11.5 Å². The number of halogens is 2. The third-order valence-corrected chi connectivity index (χ3v) is 6.92. The van der Waals surface area contributed by atoms with Crippen LogP contribution in [0.2, 0.25) is 5.02 Å². The van der Waals surface area contributed by atoms with Gasteiger partial charge in [0.2, 0.25) is 0 Å². The maximum Gasteiger partial charge on any atom is 0.122 e. The van der Waals surface area contributed by atoms with Crippen LogP contribution in [0.1, 0.15) is 36.9 Å². The molecule has 1 N–H and O–H groups in total. The highest BCUT2D eigenvalue weighted by molar-refractivity contribution is 7.10. The molecule has 25 heavy (non-hydrogen) atoms. The predicted molar refractivity (Wildman–Crippen MR) is 107 cm³/mol. The van der Waals surface area contributed by atoms with E-state index in [1.807, 2.05) is 11.6 Å². The lowest BCUT2D eigenvalue weighted by molar-refractivity contribution is 0.183. The number of aryl methyl sites for hydroxylation is 1. The van der Waals surface area contributed by atoms with E-state index < -0.39 is 0 Å². The molecule has 1 aliphatic heterocycles. The molecular weight excluding hydrogens is 375 g/mol. The van der Waals surface area contributed by atoms with Gasteiger partial charge in [0.1, 0.15) is 5.82 Å². The Hall–Kier alpha value is -0.590. The Morgan fingerprint density at radius 2 is 2.20 bits per heavy atom. The fraction of sp³-hybridized carbons (Fsp3) is 0.611. The number of hydrogen-bond donors (Lipinski definition) is 1. The first-order chi connectivity index (χ1) is 11.7. The molecule has 1 unspecified atom stereocenters. The summed E-state index contributed by atoms with van der Waals surface area (Å²) >= 11 is 7.91. The van der Waals surface area contributed by atoms with Crippen LogP contribution in [0.5, 0.6) is 0 Å². The van der Waals surface area contributed by atoms with E-state index >= 15 is 0 Å². The van der Waals surface area contributed by atoms with Gasteiger partial charge in [0.25, 0.3) is 0 Å². The molecule has 1 aliphatic carbocycles. The van der Waals surface area contributed by atoms with E-state index in [1.54, 1.807) is 11.3 Å². The molecule has 4 rings (SSSR count). The van der Waals surface area contributed by atoms with E-state index in [0.717, 1.165) is 24.7 Å². The summed E-state index contributed by atoms with van der Waals surface area (Å²) in [6.45, 7) is 7.40. The molecule has 138 valence electrons. The molecule has 2 fully saturated rings. The Morgan fingerprint density at radius 3 is 2.88 bits per heavy atom. The molecular formula is C18H26Cl2N4S. The molecule has 4 nitrogen and oxygen atoms in total. The molecule has 1 saturated carbocycles. The highest BCUT2D eigenvalue weighted by atomic mass is 35.5. The normalized spacial score (nSPS) is 21.5. The van der Waals surface area contributed by atoms with Crippen molar-refractivity contribution in [1.29, 1.82) is 0 Å². The minimum atomic E-state index is 0. The zero-order chi connectivity index (χ0) is 16.6. The molecule has 1 saturated heterocycles. The van der Waals surface area contributed by atoms with Crippen LogP contribution in [0, 0.1) is 5.41 Å². The standard InChI is InChI=1S/C18H25ClN4S.ClH/c1-2-22-8-7-21-17(22)12-23(11-15-9-14(19)13-24-15)16-10-18(16)3-5-20-6-4-18;/h7-9,13,16,20H,2-6,10-12H2,1H3;1H. The molecule has 3 heterocycles. The Kier molecular flexibility index (Phi) is 6.11. The quantitative estimate of drug-likeness (QED) is 0.788. The van der Waals surface area contributed by atoms with Gasteiger partial charge >= 0.3 is 0 Å². The van der Waals surface area contributed by atoms with E-state index in [4.69, 9.17) is 11.6 Å². The van der Waals surface area contributed by atoms with Crippen molar-refractivity contribution < 1.29 is 0 Å². The molecule has 0 radical (unpaired) electrons. The number of aromatic nitrogens is 2. The smallest absolute Gasteiger partial charge is 0.122 e. The number of rotatable bonds is 6. The van der Waals surface area contributed by atoms with Crippen molar-refractivity contribution in [2.75, 3.05) is 13.1 Å². The monoisotopic (exact) mass is 400 g/mol. The summed E-state index contributed by atoms with van der Waals surface area (Å²) in [7, 11) is 0. The summed E-state index contributed by atoms with van der Waals surface area (Å²) in [6.07, 6.45) is 7.96. The van der Waals surface area contributed by atoms with Gasteiger partial charge in [0, 0.05) is 41.8 Å². The van der Waals surface area contributed by atoms with Gasteiger partial charge in [0.05, 0.1) is 11.6 Å². The van der Waals surface area contributed by atoms with Gasteiger partial charge in [-0.15, -0.1) is 23.7 Å². The molecule has 1 spiro atoms. The number of nitrogens with one attached hydrogen (secondary N) is 1. The van der Waals surface area contributed by atoms with Crippen molar-refractivity contribution in [2.45, 2.75) is 51.9 Å². The summed E-state index contributed by atoms with van der Waals surface area (Å²) in [5, 5.41) is 6.40. The van der Waals surface area contributed by atoms with Gasteiger partial charge in [-0.3, -0.25) is 4.90 Å². The van der Waals surface area contributed by atoms with Crippen molar-refractivity contribution in [3.8, 4) is 0 Å². The highest BCUT2D eigenvalue weighted by Gasteiger charge is 2.56. The first-order valence-electron chi connectivity index (χ1n) is 8.88. The molecule has 2 aromatic rings. The van der Waals surface area contributed by atoms with Crippen LogP contribution in [0.3, 0.4) is 0 Å². The number of imidazole rings is 1. The maximum absolute atomic E-state index is 6.14. The van der Waals surface area contributed by atoms with Crippen molar-refractivity contribution in [2.24, 2.45) is 5.41 Å². The second-order valence-electron chi connectivity index (χ2n) is 7.10. The van der Waals surface area contributed by atoms with Crippen LogP contribution in [-0.4, -0.2) is 33.6 Å². The summed E-state index contributed by atoms with van der Waals surface area (Å²) in [6, 6.07) is 2.80. The Labute approximate surface area is 165 Å². The van der Waals surface area contributed by atoms with E-state index in [-0.39, 0.29) is 12.4 Å². The Balaban J connectivity index is 0.00000182. The van der Waals surface area contributed by atoms with Crippen molar-refractivity contribution in [3.05, 3.63) is 39.6 Å². The number of nitrogens with zero attached hydrogens (tertiary/aromatic N) is 3. The van der Waals surface area contributed by atoms with E-state index in [1.165, 1.54) is 43.1 Å².